The standard InChI is InChI=1S/C36H26S/c1-24(25-9-3-2-4-10-25)27-12-7-13-28(21-27)29-14-8-15-30(22-29)31-18-19-33-34-20-17-26-11-5-6-16-32(26)36(34)37-35(33)23-31/h2-24H,1H3. The first-order valence-corrected chi connectivity index (χ1v) is 13.7. The highest BCUT2D eigenvalue weighted by molar-refractivity contribution is 7.26. The molecular formula is C36H26S. The average Bonchev–Trinajstić information content (AvgIpc) is 3.36. The summed E-state index contributed by atoms with van der Waals surface area (Å²) in [7, 11) is 0. The number of benzene rings is 6. The minimum Gasteiger partial charge on any atom is -0.135 e. The molecule has 0 fully saturated rings. The van der Waals surface area contributed by atoms with E-state index < -0.39 is 0 Å². The predicted octanol–water partition coefficient (Wildman–Crippen LogP) is 10.7. The molecule has 0 saturated carbocycles. The minimum absolute atomic E-state index is 0.357. The first-order valence-electron chi connectivity index (χ1n) is 12.8. The molecule has 0 amide bonds. The number of hydrogen-bond acceptors (Lipinski definition) is 1. The van der Waals surface area contributed by atoms with Gasteiger partial charge in [0.25, 0.3) is 0 Å². The Balaban J connectivity index is 1.28. The maximum atomic E-state index is 2.36. The van der Waals surface area contributed by atoms with Crippen molar-refractivity contribution in [1.82, 2.24) is 0 Å². The van der Waals surface area contributed by atoms with Gasteiger partial charge in [0.1, 0.15) is 0 Å². The van der Waals surface area contributed by atoms with Crippen molar-refractivity contribution in [3.05, 3.63) is 145 Å². The van der Waals surface area contributed by atoms with Crippen molar-refractivity contribution in [2.24, 2.45) is 0 Å². The fourth-order valence-electron chi connectivity index (χ4n) is 5.48. The quantitative estimate of drug-likeness (QED) is 0.230. The van der Waals surface area contributed by atoms with Gasteiger partial charge in [-0.25, -0.2) is 0 Å². The van der Waals surface area contributed by atoms with Gasteiger partial charge in [-0.15, -0.1) is 11.3 Å². The molecule has 37 heavy (non-hydrogen) atoms. The van der Waals surface area contributed by atoms with E-state index in [9.17, 15) is 0 Å². The van der Waals surface area contributed by atoms with Gasteiger partial charge >= 0.3 is 0 Å². The summed E-state index contributed by atoms with van der Waals surface area (Å²) >= 11 is 1.90. The molecule has 1 atom stereocenters. The second kappa shape index (κ2) is 9.03. The van der Waals surface area contributed by atoms with Crippen LogP contribution in [0.2, 0.25) is 0 Å². The molecule has 1 unspecified atom stereocenters. The normalized spacial score (nSPS) is 12.4. The van der Waals surface area contributed by atoms with Crippen molar-refractivity contribution < 1.29 is 0 Å². The van der Waals surface area contributed by atoms with E-state index in [1.165, 1.54) is 64.3 Å². The summed E-state index contributed by atoms with van der Waals surface area (Å²) < 4.78 is 2.72. The Morgan fingerprint density at radius 1 is 0.459 bits per heavy atom. The first-order chi connectivity index (χ1) is 18.2. The van der Waals surface area contributed by atoms with E-state index in [0.29, 0.717) is 5.92 Å². The summed E-state index contributed by atoms with van der Waals surface area (Å²) in [5.74, 6) is 0.357. The monoisotopic (exact) mass is 490 g/mol. The molecule has 1 heteroatoms. The largest absolute Gasteiger partial charge is 0.135 e. The van der Waals surface area contributed by atoms with Gasteiger partial charge in [-0.05, 0) is 56.3 Å². The lowest BCUT2D eigenvalue weighted by molar-refractivity contribution is 0.923. The summed E-state index contributed by atoms with van der Waals surface area (Å²) in [6.45, 7) is 2.29. The van der Waals surface area contributed by atoms with Crippen LogP contribution in [-0.2, 0) is 0 Å². The summed E-state index contributed by atoms with van der Waals surface area (Å²) in [5, 5.41) is 5.34. The number of thiophene rings is 1. The molecule has 0 aliphatic rings. The predicted molar refractivity (Wildman–Crippen MR) is 162 cm³/mol. The summed E-state index contributed by atoms with van der Waals surface area (Å²) in [6, 6.07) is 48.8. The lowest BCUT2D eigenvalue weighted by atomic mass is 9.90. The molecule has 0 radical (unpaired) electrons. The van der Waals surface area contributed by atoms with Gasteiger partial charge < -0.3 is 0 Å². The molecule has 6 aromatic carbocycles. The molecule has 0 N–H and O–H groups in total. The van der Waals surface area contributed by atoms with Crippen LogP contribution in [0.5, 0.6) is 0 Å². The Labute approximate surface area is 221 Å². The fourth-order valence-corrected chi connectivity index (χ4v) is 6.76. The third-order valence-electron chi connectivity index (χ3n) is 7.58. The Hall–Kier alpha value is -4.20. The lowest BCUT2D eigenvalue weighted by Crippen LogP contribution is -1.96. The average molecular weight is 491 g/mol. The second-order valence-corrected chi connectivity index (χ2v) is 10.9. The fraction of sp³-hybridized carbons (Fsp3) is 0.0556. The van der Waals surface area contributed by atoms with E-state index in [0.717, 1.165) is 0 Å². The number of hydrogen-bond donors (Lipinski definition) is 0. The van der Waals surface area contributed by atoms with E-state index in [4.69, 9.17) is 0 Å². The molecule has 176 valence electrons. The molecule has 7 rings (SSSR count). The van der Waals surface area contributed by atoms with Crippen molar-refractivity contribution >= 4 is 42.3 Å². The molecular weight excluding hydrogens is 464 g/mol. The van der Waals surface area contributed by atoms with Crippen LogP contribution in [0.1, 0.15) is 24.0 Å². The van der Waals surface area contributed by atoms with Gasteiger partial charge in [0.15, 0.2) is 0 Å². The zero-order valence-electron chi connectivity index (χ0n) is 20.7. The van der Waals surface area contributed by atoms with Crippen LogP contribution in [0.4, 0.5) is 0 Å². The lowest BCUT2D eigenvalue weighted by Gasteiger charge is -2.14. The van der Waals surface area contributed by atoms with Crippen LogP contribution in [-0.4, -0.2) is 0 Å². The van der Waals surface area contributed by atoms with Crippen LogP contribution in [0, 0.1) is 0 Å². The van der Waals surface area contributed by atoms with Crippen molar-refractivity contribution in [2.75, 3.05) is 0 Å². The van der Waals surface area contributed by atoms with Crippen LogP contribution in [0.3, 0.4) is 0 Å². The van der Waals surface area contributed by atoms with Crippen molar-refractivity contribution in [3.8, 4) is 22.3 Å². The SMILES string of the molecule is CC(c1ccccc1)c1cccc(-c2cccc(-c3ccc4c(c3)sc3c5ccccc5ccc43)c2)c1. The van der Waals surface area contributed by atoms with Gasteiger partial charge in [0.2, 0.25) is 0 Å². The summed E-state index contributed by atoms with van der Waals surface area (Å²) in [4.78, 5) is 0. The highest BCUT2D eigenvalue weighted by Gasteiger charge is 2.12. The molecule has 0 aliphatic carbocycles. The Bertz CT molecular complexity index is 1890. The van der Waals surface area contributed by atoms with Crippen molar-refractivity contribution in [2.45, 2.75) is 12.8 Å². The zero-order valence-corrected chi connectivity index (χ0v) is 21.5. The smallest absolute Gasteiger partial charge is 0.0433 e. The third-order valence-corrected chi connectivity index (χ3v) is 8.78. The number of fused-ring (bicyclic) bond motifs is 5. The van der Waals surface area contributed by atoms with Crippen LogP contribution in [0.15, 0.2) is 133 Å². The van der Waals surface area contributed by atoms with E-state index in [2.05, 4.69) is 140 Å². The Kier molecular flexibility index (Phi) is 5.38. The van der Waals surface area contributed by atoms with Crippen LogP contribution < -0.4 is 0 Å². The number of rotatable bonds is 4. The Morgan fingerprint density at radius 3 is 1.95 bits per heavy atom. The van der Waals surface area contributed by atoms with Gasteiger partial charge in [0.05, 0.1) is 0 Å². The van der Waals surface area contributed by atoms with E-state index in [-0.39, 0.29) is 0 Å². The molecule has 7 aromatic rings. The van der Waals surface area contributed by atoms with Gasteiger partial charge in [-0.3, -0.25) is 0 Å². The molecule has 1 aromatic heterocycles. The third kappa shape index (κ3) is 3.93. The van der Waals surface area contributed by atoms with Gasteiger partial charge in [0, 0.05) is 26.1 Å². The van der Waals surface area contributed by atoms with Crippen LogP contribution in [0.25, 0.3) is 53.2 Å². The van der Waals surface area contributed by atoms with Crippen LogP contribution >= 0.6 is 11.3 Å². The highest BCUT2D eigenvalue weighted by Crippen LogP contribution is 2.40. The van der Waals surface area contributed by atoms with Gasteiger partial charge in [-0.1, -0.05) is 128 Å². The molecule has 0 bridgehead atoms. The van der Waals surface area contributed by atoms with E-state index in [1.807, 2.05) is 11.3 Å². The topological polar surface area (TPSA) is 0 Å². The van der Waals surface area contributed by atoms with E-state index >= 15 is 0 Å². The maximum Gasteiger partial charge on any atom is 0.0433 e. The minimum atomic E-state index is 0.357. The molecule has 0 saturated heterocycles. The van der Waals surface area contributed by atoms with Gasteiger partial charge in [-0.2, -0.15) is 0 Å². The maximum absolute atomic E-state index is 2.36. The summed E-state index contributed by atoms with van der Waals surface area (Å²) in [6.07, 6.45) is 0. The van der Waals surface area contributed by atoms with Crippen molar-refractivity contribution in [3.63, 3.8) is 0 Å². The molecule has 0 nitrogen and oxygen atoms in total. The van der Waals surface area contributed by atoms with Crippen molar-refractivity contribution in [1.29, 1.82) is 0 Å². The highest BCUT2D eigenvalue weighted by atomic mass is 32.1. The van der Waals surface area contributed by atoms with E-state index in [1.54, 1.807) is 0 Å². The first kappa shape index (κ1) is 22.0. The summed E-state index contributed by atoms with van der Waals surface area (Å²) in [5.41, 5.74) is 7.71. The zero-order chi connectivity index (χ0) is 24.8. The second-order valence-electron chi connectivity index (χ2n) is 9.82. The molecule has 1 heterocycles. The molecule has 0 aliphatic heterocycles. The Morgan fingerprint density at radius 2 is 1.11 bits per heavy atom. The molecule has 0 spiro atoms.